The highest BCUT2D eigenvalue weighted by Gasteiger charge is 2.14. The molecule has 1 aromatic carbocycles. The van der Waals surface area contributed by atoms with Crippen molar-refractivity contribution in [3.8, 4) is 0 Å². The van der Waals surface area contributed by atoms with Gasteiger partial charge in [0.15, 0.2) is 6.61 Å². The van der Waals surface area contributed by atoms with E-state index >= 15 is 0 Å². The summed E-state index contributed by atoms with van der Waals surface area (Å²) in [7, 11) is 0. The molecule has 0 bridgehead atoms. The van der Waals surface area contributed by atoms with E-state index in [0.29, 0.717) is 4.88 Å². The molecule has 2 N–H and O–H groups in total. The third kappa shape index (κ3) is 4.13. The van der Waals surface area contributed by atoms with E-state index < -0.39 is 30.2 Å². The Labute approximate surface area is 128 Å². The molecule has 0 aliphatic rings. The maximum Gasteiger partial charge on any atom is 0.341 e. The predicted molar refractivity (Wildman–Crippen MR) is 76.6 cm³/mol. The fourth-order valence-electron chi connectivity index (χ4n) is 1.47. The van der Waals surface area contributed by atoms with Crippen molar-refractivity contribution >= 4 is 29.1 Å². The second-order valence-corrected chi connectivity index (χ2v) is 4.98. The molecule has 2 rings (SSSR count). The van der Waals surface area contributed by atoms with Crippen molar-refractivity contribution in [1.82, 2.24) is 10.9 Å². The van der Waals surface area contributed by atoms with Crippen LogP contribution in [0.4, 0.5) is 4.39 Å². The molecule has 0 saturated carbocycles. The average molecular weight is 322 g/mol. The standard InChI is InChI=1S/C14H11FN2O4S/c15-10-5-2-1-4-9(10)14(20)21-8-12(18)16-17-13(19)11-6-3-7-22-11/h1-7H,8H2,(H,16,18)(H,17,19). The molecule has 0 spiro atoms. The van der Waals surface area contributed by atoms with Gasteiger partial charge >= 0.3 is 5.97 Å². The van der Waals surface area contributed by atoms with E-state index in [1.54, 1.807) is 17.5 Å². The van der Waals surface area contributed by atoms with Crippen LogP contribution in [-0.2, 0) is 9.53 Å². The smallest absolute Gasteiger partial charge is 0.341 e. The van der Waals surface area contributed by atoms with Gasteiger partial charge in [-0.1, -0.05) is 18.2 Å². The zero-order valence-electron chi connectivity index (χ0n) is 11.2. The highest BCUT2D eigenvalue weighted by Crippen LogP contribution is 2.08. The Morgan fingerprint density at radius 1 is 1.09 bits per heavy atom. The third-order valence-electron chi connectivity index (χ3n) is 2.49. The van der Waals surface area contributed by atoms with Gasteiger partial charge in [-0.15, -0.1) is 11.3 Å². The lowest BCUT2D eigenvalue weighted by Crippen LogP contribution is -2.43. The molecule has 0 saturated heterocycles. The molecule has 0 radical (unpaired) electrons. The number of halogens is 1. The summed E-state index contributed by atoms with van der Waals surface area (Å²) in [5.74, 6) is -2.92. The van der Waals surface area contributed by atoms with Crippen molar-refractivity contribution in [3.05, 3.63) is 58.0 Å². The number of nitrogens with one attached hydrogen (secondary N) is 2. The second-order valence-electron chi connectivity index (χ2n) is 4.04. The molecule has 0 atom stereocenters. The summed E-state index contributed by atoms with van der Waals surface area (Å²) in [6, 6.07) is 8.54. The van der Waals surface area contributed by atoms with Crippen molar-refractivity contribution in [3.63, 3.8) is 0 Å². The van der Waals surface area contributed by atoms with Gasteiger partial charge in [0.2, 0.25) is 0 Å². The summed E-state index contributed by atoms with van der Waals surface area (Å²) in [6.07, 6.45) is 0. The van der Waals surface area contributed by atoms with E-state index in [4.69, 9.17) is 0 Å². The van der Waals surface area contributed by atoms with E-state index in [1.165, 1.54) is 29.5 Å². The molecule has 22 heavy (non-hydrogen) atoms. The van der Waals surface area contributed by atoms with Crippen molar-refractivity contribution in [1.29, 1.82) is 0 Å². The summed E-state index contributed by atoms with van der Waals surface area (Å²) in [5.41, 5.74) is 3.99. The number of carbonyl (C=O) groups is 3. The first-order valence-electron chi connectivity index (χ1n) is 6.12. The SMILES string of the molecule is O=C(COC(=O)c1ccccc1F)NNC(=O)c1cccs1. The molecule has 0 aliphatic carbocycles. The molecule has 0 fully saturated rings. The normalized spacial score (nSPS) is 9.86. The van der Waals surface area contributed by atoms with Crippen LogP contribution in [0.15, 0.2) is 41.8 Å². The minimum atomic E-state index is -0.960. The first-order chi connectivity index (χ1) is 10.6. The largest absolute Gasteiger partial charge is 0.452 e. The molecule has 0 unspecified atom stereocenters. The molecular weight excluding hydrogens is 311 g/mol. The van der Waals surface area contributed by atoms with Crippen LogP contribution in [0.2, 0.25) is 0 Å². The fraction of sp³-hybridized carbons (Fsp3) is 0.0714. The van der Waals surface area contributed by atoms with Crippen LogP contribution in [-0.4, -0.2) is 24.4 Å². The Kier molecular flexibility index (Phi) is 5.21. The van der Waals surface area contributed by atoms with Crippen LogP contribution in [0.1, 0.15) is 20.0 Å². The lowest BCUT2D eigenvalue weighted by molar-refractivity contribution is -0.125. The highest BCUT2D eigenvalue weighted by atomic mass is 32.1. The van der Waals surface area contributed by atoms with E-state index in [9.17, 15) is 18.8 Å². The quantitative estimate of drug-likeness (QED) is 0.660. The lowest BCUT2D eigenvalue weighted by atomic mass is 10.2. The fourth-order valence-corrected chi connectivity index (χ4v) is 2.09. The number of benzene rings is 1. The number of ether oxygens (including phenoxy) is 1. The molecule has 1 heterocycles. The monoisotopic (exact) mass is 322 g/mol. The number of thiophene rings is 1. The topological polar surface area (TPSA) is 84.5 Å². The van der Waals surface area contributed by atoms with Crippen LogP contribution < -0.4 is 10.9 Å². The van der Waals surface area contributed by atoms with Crippen LogP contribution in [0.3, 0.4) is 0 Å². The number of hydrazine groups is 1. The van der Waals surface area contributed by atoms with Crippen LogP contribution in [0, 0.1) is 5.82 Å². The molecule has 114 valence electrons. The summed E-state index contributed by atoms with van der Waals surface area (Å²) in [6.45, 7) is -0.641. The van der Waals surface area contributed by atoms with Gasteiger partial charge in [0, 0.05) is 0 Å². The van der Waals surface area contributed by atoms with Crippen molar-refractivity contribution in [2.75, 3.05) is 6.61 Å². The number of hydrogen-bond acceptors (Lipinski definition) is 5. The van der Waals surface area contributed by atoms with Crippen molar-refractivity contribution in [2.45, 2.75) is 0 Å². The van der Waals surface area contributed by atoms with Gasteiger partial charge in [0.05, 0.1) is 10.4 Å². The number of rotatable bonds is 4. The number of amides is 2. The molecule has 2 amide bonds. The number of hydrogen-bond donors (Lipinski definition) is 2. The molecule has 8 heteroatoms. The van der Waals surface area contributed by atoms with Gasteiger partial charge in [-0.2, -0.15) is 0 Å². The van der Waals surface area contributed by atoms with Crippen LogP contribution in [0.5, 0.6) is 0 Å². The first kappa shape index (κ1) is 15.6. The maximum absolute atomic E-state index is 13.3. The van der Waals surface area contributed by atoms with Gasteiger partial charge in [-0.05, 0) is 23.6 Å². The summed E-state index contributed by atoms with van der Waals surface area (Å²) in [4.78, 5) is 35.0. The minimum absolute atomic E-state index is 0.266. The van der Waals surface area contributed by atoms with Gasteiger partial charge in [-0.3, -0.25) is 20.4 Å². The zero-order chi connectivity index (χ0) is 15.9. The van der Waals surface area contributed by atoms with Gasteiger partial charge < -0.3 is 4.74 Å². The predicted octanol–water partition coefficient (Wildman–Crippen LogP) is 1.51. The molecule has 6 nitrogen and oxygen atoms in total. The van der Waals surface area contributed by atoms with E-state index in [-0.39, 0.29) is 5.56 Å². The van der Waals surface area contributed by atoms with E-state index in [0.717, 1.165) is 6.07 Å². The number of esters is 1. The van der Waals surface area contributed by atoms with Gasteiger partial charge in [0.1, 0.15) is 5.82 Å². The third-order valence-corrected chi connectivity index (χ3v) is 3.36. The second kappa shape index (κ2) is 7.32. The summed E-state index contributed by atoms with van der Waals surface area (Å²) >= 11 is 1.21. The van der Waals surface area contributed by atoms with Gasteiger partial charge in [0.25, 0.3) is 11.8 Å². The Morgan fingerprint density at radius 3 is 2.55 bits per heavy atom. The van der Waals surface area contributed by atoms with Crippen molar-refractivity contribution in [2.24, 2.45) is 0 Å². The zero-order valence-corrected chi connectivity index (χ0v) is 12.0. The van der Waals surface area contributed by atoms with Crippen molar-refractivity contribution < 1.29 is 23.5 Å². The maximum atomic E-state index is 13.3. The average Bonchev–Trinajstić information content (AvgIpc) is 3.05. The summed E-state index contributed by atoms with van der Waals surface area (Å²) in [5, 5.41) is 1.72. The van der Waals surface area contributed by atoms with E-state index in [2.05, 4.69) is 15.6 Å². The Morgan fingerprint density at radius 2 is 1.86 bits per heavy atom. The Balaban J connectivity index is 1.77. The molecule has 0 aliphatic heterocycles. The first-order valence-corrected chi connectivity index (χ1v) is 7.00. The number of carbonyl (C=O) groups excluding carboxylic acids is 3. The minimum Gasteiger partial charge on any atom is -0.452 e. The molecular formula is C14H11FN2O4S. The van der Waals surface area contributed by atoms with E-state index in [1.807, 2.05) is 0 Å². The Hall–Kier alpha value is -2.74. The van der Waals surface area contributed by atoms with Gasteiger partial charge in [-0.25, -0.2) is 9.18 Å². The molecule has 1 aromatic heterocycles. The Bertz CT molecular complexity index is 688. The summed E-state index contributed by atoms with van der Waals surface area (Å²) < 4.78 is 18.0. The highest BCUT2D eigenvalue weighted by molar-refractivity contribution is 7.12. The van der Waals surface area contributed by atoms with Crippen LogP contribution >= 0.6 is 11.3 Å². The van der Waals surface area contributed by atoms with Crippen LogP contribution in [0.25, 0.3) is 0 Å². The lowest BCUT2D eigenvalue weighted by Gasteiger charge is -2.07. The molecule has 2 aromatic rings.